The molecule has 0 saturated heterocycles. The van der Waals surface area contributed by atoms with Gasteiger partial charge in [0.05, 0.1) is 7.11 Å². The molecule has 21 heavy (non-hydrogen) atoms. The first-order chi connectivity index (χ1) is 10.0. The molecule has 0 amide bonds. The second kappa shape index (κ2) is 6.21. The Morgan fingerprint density at radius 3 is 2.57 bits per heavy atom. The summed E-state index contributed by atoms with van der Waals surface area (Å²) in [5.74, 6) is -2.30. The van der Waals surface area contributed by atoms with Gasteiger partial charge in [0.25, 0.3) is 0 Å². The lowest BCUT2D eigenvalue weighted by Gasteiger charge is -2.09. The van der Waals surface area contributed by atoms with E-state index in [1.807, 2.05) is 0 Å². The topological polar surface area (TPSA) is 61.5 Å². The van der Waals surface area contributed by atoms with Crippen LogP contribution in [-0.2, 0) is 11.3 Å². The van der Waals surface area contributed by atoms with E-state index in [1.54, 1.807) is 0 Å². The molecule has 6 heteroatoms. The largest absolute Gasteiger partial charge is 0.496 e. The molecule has 0 atom stereocenters. The maximum Gasteiger partial charge on any atom is 0.342 e. The number of halogens is 2. The Hall–Kier alpha value is -2.63. The number of carbonyl (C=O) groups is 1. The number of carbonyl (C=O) groups excluding carboxylic acids is 1. The fourth-order valence-corrected chi connectivity index (χ4v) is 1.73. The number of nitrogens with two attached hydrogens (primary N) is 1. The summed E-state index contributed by atoms with van der Waals surface area (Å²) in [4.78, 5) is 12.0. The molecule has 2 N–H and O–H groups in total. The molecular weight excluding hydrogens is 280 g/mol. The third kappa shape index (κ3) is 3.47. The average Bonchev–Trinajstić information content (AvgIpc) is 2.48. The van der Waals surface area contributed by atoms with Crippen molar-refractivity contribution in [1.29, 1.82) is 0 Å². The van der Waals surface area contributed by atoms with Crippen molar-refractivity contribution < 1.29 is 23.0 Å². The van der Waals surface area contributed by atoms with E-state index in [4.69, 9.17) is 15.2 Å². The Bertz CT molecular complexity index is 674. The van der Waals surface area contributed by atoms with Crippen LogP contribution in [0.15, 0.2) is 36.4 Å². The second-order valence-corrected chi connectivity index (χ2v) is 4.28. The number of anilines is 1. The minimum Gasteiger partial charge on any atom is -0.496 e. The normalized spacial score (nSPS) is 10.2. The van der Waals surface area contributed by atoms with E-state index in [-0.39, 0.29) is 17.9 Å². The first kappa shape index (κ1) is 14.8. The fourth-order valence-electron chi connectivity index (χ4n) is 1.73. The van der Waals surface area contributed by atoms with Crippen molar-refractivity contribution >= 4 is 11.7 Å². The zero-order valence-electron chi connectivity index (χ0n) is 11.2. The monoisotopic (exact) mass is 293 g/mol. The van der Waals surface area contributed by atoms with Gasteiger partial charge in [0.15, 0.2) is 11.6 Å². The fraction of sp³-hybridized carbons (Fsp3) is 0.133. The highest BCUT2D eigenvalue weighted by atomic mass is 19.2. The van der Waals surface area contributed by atoms with Gasteiger partial charge in [-0.25, -0.2) is 13.6 Å². The van der Waals surface area contributed by atoms with Crippen molar-refractivity contribution in [3.05, 3.63) is 59.2 Å². The predicted molar refractivity (Wildman–Crippen MR) is 72.9 cm³/mol. The van der Waals surface area contributed by atoms with Crippen LogP contribution in [0.2, 0.25) is 0 Å². The lowest BCUT2D eigenvalue weighted by Crippen LogP contribution is -2.08. The second-order valence-electron chi connectivity index (χ2n) is 4.28. The number of nitrogen functional groups attached to an aromatic ring is 1. The molecule has 0 aliphatic heterocycles. The molecular formula is C15H13F2NO3. The number of benzene rings is 2. The number of ether oxygens (including phenoxy) is 2. The predicted octanol–water partition coefficient (Wildman–Crippen LogP) is 2.91. The molecule has 4 nitrogen and oxygen atoms in total. The Morgan fingerprint density at radius 2 is 1.90 bits per heavy atom. The van der Waals surface area contributed by atoms with Crippen molar-refractivity contribution in [2.75, 3.05) is 12.8 Å². The van der Waals surface area contributed by atoms with E-state index in [9.17, 15) is 13.6 Å². The minimum absolute atomic E-state index is 0.177. The van der Waals surface area contributed by atoms with Gasteiger partial charge < -0.3 is 15.2 Å². The number of esters is 1. The lowest BCUT2D eigenvalue weighted by molar-refractivity contribution is 0.0468. The van der Waals surface area contributed by atoms with E-state index in [0.29, 0.717) is 11.3 Å². The molecule has 0 heterocycles. The Balaban J connectivity index is 2.09. The molecule has 0 aliphatic rings. The van der Waals surface area contributed by atoms with Crippen LogP contribution in [-0.4, -0.2) is 13.1 Å². The molecule has 0 saturated carbocycles. The van der Waals surface area contributed by atoms with Crippen LogP contribution in [0.25, 0.3) is 0 Å². The van der Waals surface area contributed by atoms with Crippen LogP contribution in [0.3, 0.4) is 0 Å². The zero-order valence-corrected chi connectivity index (χ0v) is 11.2. The molecule has 2 aromatic rings. The van der Waals surface area contributed by atoms with Crippen molar-refractivity contribution in [2.45, 2.75) is 6.61 Å². The molecule has 0 aliphatic carbocycles. The van der Waals surface area contributed by atoms with Gasteiger partial charge in [-0.05, 0) is 29.8 Å². The van der Waals surface area contributed by atoms with Crippen LogP contribution < -0.4 is 10.5 Å². The molecule has 0 aromatic heterocycles. The number of rotatable bonds is 4. The summed E-state index contributed by atoms with van der Waals surface area (Å²) in [6.07, 6.45) is 0. The van der Waals surface area contributed by atoms with Gasteiger partial charge in [-0.3, -0.25) is 0 Å². The standard InChI is InChI=1S/C15H13F2NO3/c1-20-14-7-10(18)3-4-11(14)15(19)21-8-9-2-5-12(16)13(17)6-9/h2-7H,8,18H2,1H3. The van der Waals surface area contributed by atoms with E-state index in [2.05, 4.69) is 0 Å². The Labute approximate surface area is 120 Å². The number of hydrogen-bond acceptors (Lipinski definition) is 4. The molecule has 0 bridgehead atoms. The Kier molecular flexibility index (Phi) is 4.37. The molecule has 0 spiro atoms. The van der Waals surface area contributed by atoms with Gasteiger partial charge in [0.2, 0.25) is 0 Å². The maximum absolute atomic E-state index is 13.0. The van der Waals surface area contributed by atoms with E-state index < -0.39 is 17.6 Å². The third-order valence-electron chi connectivity index (χ3n) is 2.80. The molecule has 2 aromatic carbocycles. The SMILES string of the molecule is COc1cc(N)ccc1C(=O)OCc1ccc(F)c(F)c1. The summed E-state index contributed by atoms with van der Waals surface area (Å²) in [5.41, 5.74) is 6.59. The molecule has 110 valence electrons. The minimum atomic E-state index is -0.992. The highest BCUT2D eigenvalue weighted by Crippen LogP contribution is 2.22. The van der Waals surface area contributed by atoms with E-state index in [0.717, 1.165) is 12.1 Å². The highest BCUT2D eigenvalue weighted by Gasteiger charge is 2.14. The van der Waals surface area contributed by atoms with Crippen LogP contribution >= 0.6 is 0 Å². The smallest absolute Gasteiger partial charge is 0.342 e. The van der Waals surface area contributed by atoms with Gasteiger partial charge >= 0.3 is 5.97 Å². The van der Waals surface area contributed by atoms with Crippen LogP contribution in [0.4, 0.5) is 14.5 Å². The summed E-state index contributed by atoms with van der Waals surface area (Å²) in [6, 6.07) is 7.80. The number of hydrogen-bond donors (Lipinski definition) is 1. The summed E-state index contributed by atoms with van der Waals surface area (Å²) >= 11 is 0. The average molecular weight is 293 g/mol. The molecule has 0 fully saturated rings. The van der Waals surface area contributed by atoms with Crippen LogP contribution in [0.5, 0.6) is 5.75 Å². The summed E-state index contributed by atoms with van der Waals surface area (Å²) in [6.45, 7) is -0.177. The lowest BCUT2D eigenvalue weighted by atomic mass is 10.2. The first-order valence-corrected chi connectivity index (χ1v) is 6.06. The zero-order chi connectivity index (χ0) is 15.4. The van der Waals surface area contributed by atoms with Gasteiger partial charge in [-0.2, -0.15) is 0 Å². The van der Waals surface area contributed by atoms with Gasteiger partial charge in [0.1, 0.15) is 17.9 Å². The van der Waals surface area contributed by atoms with Gasteiger partial charge in [-0.15, -0.1) is 0 Å². The summed E-state index contributed by atoms with van der Waals surface area (Å²) in [5, 5.41) is 0. The highest BCUT2D eigenvalue weighted by molar-refractivity contribution is 5.93. The molecule has 0 radical (unpaired) electrons. The van der Waals surface area contributed by atoms with Gasteiger partial charge in [-0.1, -0.05) is 6.07 Å². The van der Waals surface area contributed by atoms with Crippen molar-refractivity contribution in [3.63, 3.8) is 0 Å². The van der Waals surface area contributed by atoms with E-state index >= 15 is 0 Å². The van der Waals surface area contributed by atoms with Crippen LogP contribution in [0.1, 0.15) is 15.9 Å². The van der Waals surface area contributed by atoms with Crippen LogP contribution in [0, 0.1) is 11.6 Å². The molecule has 0 unspecified atom stereocenters. The Morgan fingerprint density at radius 1 is 1.14 bits per heavy atom. The maximum atomic E-state index is 13.0. The van der Waals surface area contributed by atoms with Crippen molar-refractivity contribution in [2.24, 2.45) is 0 Å². The first-order valence-electron chi connectivity index (χ1n) is 6.06. The molecule has 2 rings (SSSR count). The van der Waals surface area contributed by atoms with Gasteiger partial charge in [0, 0.05) is 11.8 Å². The van der Waals surface area contributed by atoms with Crippen molar-refractivity contribution in [1.82, 2.24) is 0 Å². The summed E-state index contributed by atoms with van der Waals surface area (Å²) in [7, 11) is 1.40. The van der Waals surface area contributed by atoms with Crippen molar-refractivity contribution in [3.8, 4) is 5.75 Å². The van der Waals surface area contributed by atoms with E-state index in [1.165, 1.54) is 31.4 Å². The summed E-state index contributed by atoms with van der Waals surface area (Å²) < 4.78 is 35.9. The quantitative estimate of drug-likeness (QED) is 0.695. The third-order valence-corrected chi connectivity index (χ3v) is 2.80. The number of methoxy groups -OCH3 is 1.